The molecule has 1 N–H and O–H groups in total. The molecule has 0 atom stereocenters. The molecule has 0 saturated heterocycles. The molecule has 20 heavy (non-hydrogen) atoms. The van der Waals surface area contributed by atoms with Crippen LogP contribution in [0.1, 0.15) is 17.5 Å². The number of hydrogen-bond donors (Lipinski definition) is 1. The minimum absolute atomic E-state index is 0.322. The van der Waals surface area contributed by atoms with Gasteiger partial charge in [0.25, 0.3) is 0 Å². The van der Waals surface area contributed by atoms with Crippen LogP contribution < -0.4 is 0 Å². The van der Waals surface area contributed by atoms with Gasteiger partial charge < -0.3 is 5.11 Å². The average Bonchev–Trinajstić information content (AvgIpc) is 2.46. The highest BCUT2D eigenvalue weighted by Crippen LogP contribution is 2.47. The molecule has 1 nitrogen and oxygen atoms in total. The highest BCUT2D eigenvalue weighted by atomic mass is 16.3. The highest BCUT2D eigenvalue weighted by molar-refractivity contribution is 6.13. The van der Waals surface area contributed by atoms with Crippen molar-refractivity contribution in [2.24, 2.45) is 0 Å². The first-order valence-electron chi connectivity index (χ1n) is 6.70. The smallest absolute Gasteiger partial charge is 0.115 e. The molecular weight excluding hydrogens is 244 g/mol. The molecule has 0 saturated carbocycles. The van der Waals surface area contributed by atoms with Crippen LogP contribution in [-0.4, -0.2) is 5.11 Å². The molecule has 0 aromatic heterocycles. The fourth-order valence-electron chi connectivity index (χ4n) is 2.56. The second-order valence-electron chi connectivity index (χ2n) is 4.88. The number of para-hydroxylation sites is 1. The van der Waals surface area contributed by atoms with Crippen LogP contribution in [0.4, 0.5) is 0 Å². The first-order chi connectivity index (χ1) is 9.77. The lowest BCUT2D eigenvalue weighted by Gasteiger charge is -2.29. The summed E-state index contributed by atoms with van der Waals surface area (Å²) in [6, 6.07) is 17.3. The standard InChI is InChI=1S/C13H10.C6H6O/c1-9-5-4-8-12-10-6-2-3-7-11(10)13(9)12;7-6-4-2-1-3-5-6/h2-4,6-8H,1,5H2;1-5,7H. The maximum atomic E-state index is 8.63. The van der Waals surface area contributed by atoms with Crippen LogP contribution in [0.2, 0.25) is 0 Å². The van der Waals surface area contributed by atoms with Crippen molar-refractivity contribution in [3.63, 3.8) is 0 Å². The van der Waals surface area contributed by atoms with Gasteiger partial charge in [-0.1, -0.05) is 61.2 Å². The molecule has 0 aliphatic heterocycles. The summed E-state index contributed by atoms with van der Waals surface area (Å²) in [7, 11) is 0. The Bertz CT molecular complexity index is 706. The molecule has 0 radical (unpaired) electrons. The fourth-order valence-corrected chi connectivity index (χ4v) is 2.56. The number of benzene rings is 2. The van der Waals surface area contributed by atoms with Crippen LogP contribution in [0.15, 0.2) is 78.9 Å². The van der Waals surface area contributed by atoms with Crippen LogP contribution in [0.5, 0.6) is 5.75 Å². The minimum Gasteiger partial charge on any atom is -0.508 e. The Morgan fingerprint density at radius 1 is 0.850 bits per heavy atom. The lowest BCUT2D eigenvalue weighted by molar-refractivity contribution is 0.475. The van der Waals surface area contributed by atoms with Crippen molar-refractivity contribution in [1.82, 2.24) is 0 Å². The van der Waals surface area contributed by atoms with E-state index >= 15 is 0 Å². The molecule has 0 heterocycles. The van der Waals surface area contributed by atoms with Crippen LogP contribution >= 0.6 is 0 Å². The summed E-state index contributed by atoms with van der Waals surface area (Å²) in [5, 5.41) is 8.63. The minimum atomic E-state index is 0.322. The van der Waals surface area contributed by atoms with E-state index in [0.717, 1.165) is 6.42 Å². The van der Waals surface area contributed by atoms with E-state index < -0.39 is 0 Å². The van der Waals surface area contributed by atoms with E-state index in [0.29, 0.717) is 5.75 Å². The van der Waals surface area contributed by atoms with Gasteiger partial charge in [-0.3, -0.25) is 0 Å². The molecule has 0 bridgehead atoms. The summed E-state index contributed by atoms with van der Waals surface area (Å²) in [6.07, 6.45) is 5.41. The van der Waals surface area contributed by atoms with Crippen LogP contribution in [0.25, 0.3) is 11.1 Å². The summed E-state index contributed by atoms with van der Waals surface area (Å²) in [5.74, 6) is 0.322. The Labute approximate surface area is 119 Å². The molecule has 4 rings (SSSR count). The SMILES string of the molecule is C=C1CC=CC2=C1c1ccccc12.Oc1ccccc1. The maximum absolute atomic E-state index is 8.63. The van der Waals surface area contributed by atoms with Gasteiger partial charge in [0.2, 0.25) is 0 Å². The van der Waals surface area contributed by atoms with Crippen LogP contribution in [-0.2, 0) is 0 Å². The van der Waals surface area contributed by atoms with E-state index in [9.17, 15) is 0 Å². The largest absolute Gasteiger partial charge is 0.508 e. The predicted molar refractivity (Wildman–Crippen MR) is 84.3 cm³/mol. The number of aromatic hydroxyl groups is 1. The Kier molecular flexibility index (Phi) is 3.26. The second-order valence-corrected chi connectivity index (χ2v) is 4.88. The Morgan fingerprint density at radius 3 is 2.15 bits per heavy atom. The fraction of sp³-hybridized carbons (Fsp3) is 0.0526. The summed E-state index contributed by atoms with van der Waals surface area (Å²) < 4.78 is 0. The van der Waals surface area contributed by atoms with Gasteiger partial charge in [0.15, 0.2) is 0 Å². The number of fused-ring (bicyclic) bond motifs is 3. The van der Waals surface area contributed by atoms with Crippen molar-refractivity contribution in [1.29, 1.82) is 0 Å². The van der Waals surface area contributed by atoms with E-state index in [1.54, 1.807) is 24.3 Å². The zero-order valence-electron chi connectivity index (χ0n) is 11.2. The first-order valence-corrected chi connectivity index (χ1v) is 6.70. The normalized spacial score (nSPS) is 14.7. The van der Waals surface area contributed by atoms with Gasteiger partial charge in [0.05, 0.1) is 0 Å². The zero-order valence-corrected chi connectivity index (χ0v) is 11.2. The van der Waals surface area contributed by atoms with E-state index in [-0.39, 0.29) is 0 Å². The van der Waals surface area contributed by atoms with Gasteiger partial charge in [0, 0.05) is 0 Å². The van der Waals surface area contributed by atoms with Gasteiger partial charge in [-0.2, -0.15) is 0 Å². The number of phenols is 1. The van der Waals surface area contributed by atoms with E-state index in [4.69, 9.17) is 5.11 Å². The molecule has 2 aromatic rings. The first kappa shape index (κ1) is 12.5. The predicted octanol–water partition coefficient (Wildman–Crippen LogP) is 4.82. The van der Waals surface area contributed by atoms with Crippen molar-refractivity contribution in [3.05, 3.63) is 90.0 Å². The van der Waals surface area contributed by atoms with Crippen LogP contribution in [0, 0.1) is 0 Å². The van der Waals surface area contributed by atoms with E-state index in [1.807, 2.05) is 6.07 Å². The molecule has 2 aromatic carbocycles. The third-order valence-electron chi connectivity index (χ3n) is 3.51. The quantitative estimate of drug-likeness (QED) is 0.720. The van der Waals surface area contributed by atoms with Crippen molar-refractivity contribution in [2.45, 2.75) is 6.42 Å². The zero-order chi connectivity index (χ0) is 13.9. The van der Waals surface area contributed by atoms with Crippen molar-refractivity contribution in [2.75, 3.05) is 0 Å². The van der Waals surface area contributed by atoms with E-state index in [2.05, 4.69) is 43.0 Å². The molecule has 0 unspecified atom stereocenters. The Morgan fingerprint density at radius 2 is 1.50 bits per heavy atom. The maximum Gasteiger partial charge on any atom is 0.115 e. The molecule has 2 aliphatic carbocycles. The molecule has 98 valence electrons. The Hall–Kier alpha value is -2.54. The molecule has 1 heteroatoms. The van der Waals surface area contributed by atoms with E-state index in [1.165, 1.54) is 27.8 Å². The average molecular weight is 260 g/mol. The van der Waals surface area contributed by atoms with Gasteiger partial charge >= 0.3 is 0 Å². The molecule has 0 spiro atoms. The molecule has 0 fully saturated rings. The number of phenolic OH excluding ortho intramolecular Hbond substituents is 1. The summed E-state index contributed by atoms with van der Waals surface area (Å²) in [4.78, 5) is 0. The Balaban J connectivity index is 0.000000147. The van der Waals surface area contributed by atoms with Gasteiger partial charge in [-0.15, -0.1) is 0 Å². The van der Waals surface area contributed by atoms with Crippen molar-refractivity contribution in [3.8, 4) is 5.75 Å². The van der Waals surface area contributed by atoms with Gasteiger partial charge in [-0.25, -0.2) is 0 Å². The second kappa shape index (κ2) is 5.22. The summed E-state index contributed by atoms with van der Waals surface area (Å²) >= 11 is 0. The van der Waals surface area contributed by atoms with Gasteiger partial charge in [-0.05, 0) is 46.4 Å². The number of rotatable bonds is 0. The van der Waals surface area contributed by atoms with Crippen molar-refractivity contribution >= 4 is 11.1 Å². The third kappa shape index (κ3) is 2.19. The summed E-state index contributed by atoms with van der Waals surface area (Å²) in [6.45, 7) is 4.09. The number of hydrogen-bond acceptors (Lipinski definition) is 1. The third-order valence-corrected chi connectivity index (χ3v) is 3.51. The van der Waals surface area contributed by atoms with Crippen LogP contribution in [0.3, 0.4) is 0 Å². The number of allylic oxidation sites excluding steroid dienone is 5. The molecule has 0 amide bonds. The van der Waals surface area contributed by atoms with Gasteiger partial charge in [0.1, 0.15) is 5.75 Å². The lowest BCUT2D eigenvalue weighted by atomic mass is 9.74. The topological polar surface area (TPSA) is 20.2 Å². The lowest BCUT2D eigenvalue weighted by Crippen LogP contribution is -2.08. The van der Waals surface area contributed by atoms with Crippen molar-refractivity contribution < 1.29 is 5.11 Å². The molecule has 2 aliphatic rings. The highest BCUT2D eigenvalue weighted by Gasteiger charge is 2.26. The monoisotopic (exact) mass is 260 g/mol. The molecular formula is C19H16O. The summed E-state index contributed by atoms with van der Waals surface area (Å²) in [5.41, 5.74) is 6.79.